The van der Waals surface area contributed by atoms with E-state index in [9.17, 15) is 0 Å². The van der Waals surface area contributed by atoms with Gasteiger partial charge < -0.3 is 9.80 Å². The summed E-state index contributed by atoms with van der Waals surface area (Å²) >= 11 is 0. The minimum Gasteiger partial charge on any atom is -0.310 e. The molecule has 12 aromatic rings. The summed E-state index contributed by atoms with van der Waals surface area (Å²) in [5.41, 5.74) is 25.8. The number of hydrogen-bond donors (Lipinski definition) is 0. The summed E-state index contributed by atoms with van der Waals surface area (Å²) in [6.07, 6.45) is 9.72. The summed E-state index contributed by atoms with van der Waals surface area (Å²) in [7, 11) is 0. The number of rotatable bonds is 9. The fourth-order valence-electron chi connectivity index (χ4n) is 15.3. The highest BCUT2D eigenvalue weighted by molar-refractivity contribution is 6.00. The van der Waals surface area contributed by atoms with Gasteiger partial charge in [0, 0.05) is 45.0 Å². The zero-order valence-electron chi connectivity index (χ0n) is 45.0. The van der Waals surface area contributed by atoms with Crippen molar-refractivity contribution in [2.75, 3.05) is 9.80 Å². The van der Waals surface area contributed by atoms with Crippen LogP contribution in [-0.4, -0.2) is 0 Å². The van der Waals surface area contributed by atoms with Crippen molar-refractivity contribution in [3.05, 3.63) is 289 Å². The maximum Gasteiger partial charge on any atom is 0.0467 e. The van der Waals surface area contributed by atoms with E-state index in [0.717, 1.165) is 22.7 Å². The molecule has 4 aliphatic rings. The molecule has 2 fully saturated rings. The summed E-state index contributed by atoms with van der Waals surface area (Å²) in [6, 6.07) is 101. The highest BCUT2D eigenvalue weighted by Gasteiger charge is 2.48. The van der Waals surface area contributed by atoms with E-state index in [-0.39, 0.29) is 10.8 Å². The van der Waals surface area contributed by atoms with Crippen LogP contribution in [0, 0.1) is 0 Å². The normalized spacial score (nSPS) is 15.1. The van der Waals surface area contributed by atoms with Crippen molar-refractivity contribution >= 4 is 55.7 Å². The number of hydrogen-bond acceptors (Lipinski definition) is 2. The molecule has 12 aromatic carbocycles. The summed E-state index contributed by atoms with van der Waals surface area (Å²) < 4.78 is 0. The largest absolute Gasteiger partial charge is 0.310 e. The van der Waals surface area contributed by atoms with E-state index in [4.69, 9.17) is 0 Å². The molecule has 382 valence electrons. The van der Waals surface area contributed by atoms with Gasteiger partial charge in [-0.3, -0.25) is 0 Å². The summed E-state index contributed by atoms with van der Waals surface area (Å²) in [6.45, 7) is 0. The first-order valence-electron chi connectivity index (χ1n) is 29.1. The number of anilines is 6. The van der Waals surface area contributed by atoms with Gasteiger partial charge >= 0.3 is 0 Å². The first-order chi connectivity index (χ1) is 39.6. The minimum absolute atomic E-state index is 0.00917. The van der Waals surface area contributed by atoms with Crippen LogP contribution in [0.1, 0.15) is 73.6 Å². The molecule has 16 rings (SSSR count). The van der Waals surface area contributed by atoms with Crippen LogP contribution in [0.4, 0.5) is 34.1 Å². The molecule has 0 aliphatic heterocycles. The van der Waals surface area contributed by atoms with E-state index in [1.807, 2.05) is 0 Å². The lowest BCUT2D eigenvalue weighted by atomic mass is 9.75. The van der Waals surface area contributed by atoms with Crippen molar-refractivity contribution < 1.29 is 0 Å². The van der Waals surface area contributed by atoms with Gasteiger partial charge in [-0.25, -0.2) is 0 Å². The van der Waals surface area contributed by atoms with Crippen LogP contribution >= 0.6 is 0 Å². The van der Waals surface area contributed by atoms with Crippen LogP contribution in [0.15, 0.2) is 267 Å². The van der Waals surface area contributed by atoms with Crippen LogP contribution in [0.5, 0.6) is 0 Å². The van der Waals surface area contributed by atoms with Gasteiger partial charge in [-0.05, 0) is 198 Å². The summed E-state index contributed by atoms with van der Waals surface area (Å²) in [5, 5.41) is 5.49. The van der Waals surface area contributed by atoms with Crippen molar-refractivity contribution in [3.63, 3.8) is 0 Å². The molecule has 0 unspecified atom stereocenters. The topological polar surface area (TPSA) is 6.48 Å². The quantitative estimate of drug-likeness (QED) is 0.142. The molecule has 2 nitrogen and oxygen atoms in total. The molecular formula is C78H60N2. The van der Waals surface area contributed by atoms with Crippen LogP contribution in [0.3, 0.4) is 0 Å². The Labute approximate surface area is 469 Å². The predicted octanol–water partition coefficient (Wildman–Crippen LogP) is 21.6. The zero-order valence-corrected chi connectivity index (χ0v) is 45.0. The van der Waals surface area contributed by atoms with E-state index in [0.29, 0.717) is 0 Å². The van der Waals surface area contributed by atoms with E-state index in [1.165, 1.54) is 151 Å². The second kappa shape index (κ2) is 18.7. The molecule has 80 heavy (non-hydrogen) atoms. The zero-order chi connectivity index (χ0) is 52.8. The third-order valence-corrected chi connectivity index (χ3v) is 18.9. The van der Waals surface area contributed by atoms with Crippen LogP contribution in [0.25, 0.3) is 77.2 Å². The Balaban J connectivity index is 0.784. The van der Waals surface area contributed by atoms with Gasteiger partial charge in [0.1, 0.15) is 0 Å². The third-order valence-electron chi connectivity index (χ3n) is 18.9. The molecule has 0 heterocycles. The van der Waals surface area contributed by atoms with Gasteiger partial charge in [-0.1, -0.05) is 220 Å². The molecule has 2 heteroatoms. The average Bonchev–Trinajstić information content (AvgIpc) is 4.37. The monoisotopic (exact) mass is 1020 g/mol. The molecule has 0 saturated heterocycles. The molecule has 4 aliphatic carbocycles. The second-order valence-corrected chi connectivity index (χ2v) is 23.1. The van der Waals surface area contributed by atoms with Crippen molar-refractivity contribution in [1.82, 2.24) is 0 Å². The molecule has 0 radical (unpaired) electrons. The lowest BCUT2D eigenvalue weighted by Crippen LogP contribution is -2.21. The van der Waals surface area contributed by atoms with Gasteiger partial charge in [-0.2, -0.15) is 0 Å². The Morgan fingerprint density at radius 3 is 1.00 bits per heavy atom. The molecule has 0 aromatic heterocycles. The maximum absolute atomic E-state index is 2.55. The van der Waals surface area contributed by atoms with E-state index < -0.39 is 0 Å². The molecule has 0 N–H and O–H groups in total. The Morgan fingerprint density at radius 2 is 0.575 bits per heavy atom. The fraction of sp³-hybridized carbons (Fsp3) is 0.128. The first-order valence-corrected chi connectivity index (χ1v) is 29.1. The lowest BCUT2D eigenvalue weighted by molar-refractivity contribution is 0.554. The molecular weight excluding hydrogens is 965 g/mol. The summed E-state index contributed by atoms with van der Waals surface area (Å²) in [5.74, 6) is 0. The maximum atomic E-state index is 2.55. The fourth-order valence-corrected chi connectivity index (χ4v) is 15.3. The van der Waals surface area contributed by atoms with Crippen molar-refractivity contribution in [1.29, 1.82) is 0 Å². The number of nitrogens with zero attached hydrogens (tertiary/aromatic N) is 2. The first kappa shape index (κ1) is 46.8. The minimum atomic E-state index is 0.00917. The average molecular weight is 1030 g/mol. The third kappa shape index (κ3) is 7.38. The van der Waals surface area contributed by atoms with Gasteiger partial charge in [0.05, 0.1) is 0 Å². The summed E-state index contributed by atoms with van der Waals surface area (Å²) in [4.78, 5) is 4.97. The number of fused-ring (bicyclic) bond motifs is 14. The van der Waals surface area contributed by atoms with Gasteiger partial charge in [0.2, 0.25) is 0 Å². The standard InChI is InChI=1S/C78H60N2/c1-3-17-53(18-4-1)59-23-15-25-63(49-59)79(65-39-43-69-71-41-33-57-21-7-9-27-67(57)75(71)77(73(69)51-65)45-11-12-46-77)61-35-29-55(30-36-61)56-31-37-62(38-32-56)80(64-26-16-24-60(50-64)54-19-5-2-6-20-54)66-40-44-70-72-42-34-58-22-8-10-28-68(58)76(72)78(74(70)52-66)47-13-14-48-78/h1-10,15-44,49-52H,11-14,45-48H2. The lowest BCUT2D eigenvalue weighted by Gasteiger charge is -2.31. The highest BCUT2D eigenvalue weighted by Crippen LogP contribution is 2.61. The van der Waals surface area contributed by atoms with Crippen LogP contribution in [-0.2, 0) is 10.8 Å². The smallest absolute Gasteiger partial charge is 0.0467 e. The Morgan fingerprint density at radius 1 is 0.237 bits per heavy atom. The molecule has 0 bridgehead atoms. The van der Waals surface area contributed by atoms with Gasteiger partial charge in [0.15, 0.2) is 0 Å². The molecule has 2 spiro atoms. The Hall–Kier alpha value is -9.24. The second-order valence-electron chi connectivity index (χ2n) is 23.1. The van der Waals surface area contributed by atoms with Crippen LogP contribution in [0.2, 0.25) is 0 Å². The van der Waals surface area contributed by atoms with Crippen LogP contribution < -0.4 is 9.80 Å². The van der Waals surface area contributed by atoms with E-state index >= 15 is 0 Å². The SMILES string of the molecule is c1ccc(-c2cccc(N(c3ccc(-c4ccc(N(c5cccc(-c6ccccc6)c5)c5ccc6c(c5)C5(CCCC5)c5c-6ccc6ccccc56)cc4)cc3)c3ccc4c(c3)C3(CCCC3)c3c-4ccc4ccccc34)c2)cc1. The predicted molar refractivity (Wildman–Crippen MR) is 336 cm³/mol. The van der Waals surface area contributed by atoms with Gasteiger partial charge in [-0.15, -0.1) is 0 Å². The molecule has 0 atom stereocenters. The van der Waals surface area contributed by atoms with E-state index in [2.05, 4.69) is 277 Å². The van der Waals surface area contributed by atoms with Crippen molar-refractivity contribution in [3.8, 4) is 55.6 Å². The van der Waals surface area contributed by atoms with Gasteiger partial charge in [0.25, 0.3) is 0 Å². The van der Waals surface area contributed by atoms with E-state index in [1.54, 1.807) is 11.1 Å². The molecule has 0 amide bonds. The number of benzene rings is 12. The van der Waals surface area contributed by atoms with Crippen molar-refractivity contribution in [2.24, 2.45) is 0 Å². The Kier molecular flexibility index (Phi) is 11.0. The molecule has 2 saturated carbocycles. The Bertz CT molecular complexity index is 4070. The van der Waals surface area contributed by atoms with Crippen molar-refractivity contribution in [2.45, 2.75) is 62.2 Å². The highest BCUT2D eigenvalue weighted by atomic mass is 15.1.